The molecule has 152 valence electrons. The molecule has 4 rings (SSSR count). The van der Waals surface area contributed by atoms with Gasteiger partial charge in [-0.05, 0) is 41.5 Å². The summed E-state index contributed by atoms with van der Waals surface area (Å²) in [5.41, 5.74) is 3.37. The summed E-state index contributed by atoms with van der Waals surface area (Å²) in [4.78, 5) is 20.1. The number of H-pyrrole nitrogens is 1. The molecule has 0 saturated heterocycles. The molecule has 0 aliphatic heterocycles. The largest absolute Gasteiger partial charge is 0.497 e. The van der Waals surface area contributed by atoms with E-state index in [1.807, 2.05) is 48.7 Å². The van der Waals surface area contributed by atoms with Gasteiger partial charge in [0.15, 0.2) is 0 Å². The molecular weight excluding hydrogens is 394 g/mol. The lowest BCUT2D eigenvalue weighted by atomic mass is 9.91. The number of ether oxygens (including phenoxy) is 1. The second-order valence-corrected chi connectivity index (χ2v) is 7.87. The number of aromatic nitrogens is 2. The van der Waals surface area contributed by atoms with Gasteiger partial charge in [0, 0.05) is 35.8 Å². The number of benzene rings is 2. The van der Waals surface area contributed by atoms with Gasteiger partial charge in [0.25, 0.3) is 0 Å². The molecule has 0 aliphatic rings. The number of hydrogen-bond donors (Lipinski definition) is 2. The monoisotopic (exact) mass is 417 g/mol. The molecule has 0 fully saturated rings. The topological polar surface area (TPSA) is 67.0 Å². The lowest BCUT2D eigenvalue weighted by Gasteiger charge is -2.18. The second-order valence-electron chi connectivity index (χ2n) is 6.88. The summed E-state index contributed by atoms with van der Waals surface area (Å²) in [5, 5.41) is 5.11. The van der Waals surface area contributed by atoms with E-state index >= 15 is 0 Å². The van der Waals surface area contributed by atoms with Crippen molar-refractivity contribution in [3.05, 3.63) is 90.3 Å². The first-order chi connectivity index (χ1) is 14.7. The minimum absolute atomic E-state index is 0.0102. The Balaban J connectivity index is 1.52. The lowest BCUT2D eigenvalue weighted by molar-refractivity contribution is -0.118. The third kappa shape index (κ3) is 4.66. The number of aromatic amines is 1. The number of nitrogens with one attached hydrogen (secondary N) is 2. The number of nitrogens with zero attached hydrogens (tertiary/aromatic N) is 1. The van der Waals surface area contributed by atoms with E-state index < -0.39 is 0 Å². The van der Waals surface area contributed by atoms with E-state index in [1.54, 1.807) is 13.3 Å². The van der Waals surface area contributed by atoms with E-state index in [1.165, 1.54) is 11.8 Å². The van der Waals surface area contributed by atoms with E-state index in [-0.39, 0.29) is 11.8 Å². The number of amides is 1. The first-order valence-corrected chi connectivity index (χ1v) is 10.7. The smallest absolute Gasteiger partial charge is 0.230 e. The van der Waals surface area contributed by atoms with Gasteiger partial charge in [-0.25, -0.2) is 4.98 Å². The van der Waals surface area contributed by atoms with Crippen LogP contribution in [-0.2, 0) is 4.79 Å². The molecule has 2 aromatic carbocycles. The zero-order valence-electron chi connectivity index (χ0n) is 16.7. The van der Waals surface area contributed by atoms with Crippen LogP contribution in [0.5, 0.6) is 5.75 Å². The summed E-state index contributed by atoms with van der Waals surface area (Å²) in [6.45, 7) is 0.510. The number of fused-ring (bicyclic) bond motifs is 1. The number of methoxy groups -OCH3 is 1. The Morgan fingerprint density at radius 3 is 2.67 bits per heavy atom. The van der Waals surface area contributed by atoms with Gasteiger partial charge in [-0.15, -0.1) is 0 Å². The van der Waals surface area contributed by atoms with Crippen molar-refractivity contribution in [1.29, 1.82) is 0 Å². The maximum absolute atomic E-state index is 12.5. The average molecular weight is 418 g/mol. The number of para-hydroxylation sites is 1. The minimum Gasteiger partial charge on any atom is -0.497 e. The van der Waals surface area contributed by atoms with Crippen molar-refractivity contribution in [2.75, 3.05) is 19.4 Å². The molecule has 0 radical (unpaired) electrons. The number of hydrogen-bond acceptors (Lipinski definition) is 4. The number of thioether (sulfide) groups is 1. The summed E-state index contributed by atoms with van der Waals surface area (Å²) < 4.78 is 5.30. The normalized spacial score (nSPS) is 11.9. The van der Waals surface area contributed by atoms with Crippen LogP contribution in [-0.4, -0.2) is 35.3 Å². The fraction of sp³-hybridized carbons (Fsp3) is 0.167. The van der Waals surface area contributed by atoms with Crippen LogP contribution in [0.3, 0.4) is 0 Å². The van der Waals surface area contributed by atoms with Gasteiger partial charge in [-0.2, -0.15) is 0 Å². The molecule has 1 amide bonds. The molecule has 2 N–H and O–H groups in total. The Morgan fingerprint density at radius 2 is 1.90 bits per heavy atom. The lowest BCUT2D eigenvalue weighted by Crippen LogP contribution is -2.30. The number of carbonyl (C=O) groups is 1. The van der Waals surface area contributed by atoms with Crippen molar-refractivity contribution in [1.82, 2.24) is 15.3 Å². The molecular formula is C24H23N3O2S. The first-order valence-electron chi connectivity index (χ1n) is 9.75. The first kappa shape index (κ1) is 20.0. The van der Waals surface area contributed by atoms with Crippen LogP contribution >= 0.6 is 11.8 Å². The molecule has 0 saturated carbocycles. The van der Waals surface area contributed by atoms with Gasteiger partial charge in [-0.1, -0.05) is 48.2 Å². The van der Waals surface area contributed by atoms with Crippen molar-refractivity contribution in [2.45, 2.75) is 10.9 Å². The zero-order chi connectivity index (χ0) is 20.8. The molecule has 0 bridgehead atoms. The molecule has 2 heterocycles. The number of rotatable bonds is 8. The highest BCUT2D eigenvalue weighted by Gasteiger charge is 2.19. The zero-order valence-corrected chi connectivity index (χ0v) is 17.5. The second kappa shape index (κ2) is 9.50. The fourth-order valence-corrected chi connectivity index (χ4v) is 4.16. The maximum Gasteiger partial charge on any atom is 0.230 e. The molecule has 1 atom stereocenters. The predicted molar refractivity (Wildman–Crippen MR) is 121 cm³/mol. The van der Waals surface area contributed by atoms with Crippen molar-refractivity contribution < 1.29 is 9.53 Å². The molecule has 5 nitrogen and oxygen atoms in total. The summed E-state index contributed by atoms with van der Waals surface area (Å²) in [7, 11) is 1.66. The molecule has 6 heteroatoms. The molecule has 0 spiro atoms. The standard InChI is InChI=1S/C24H23N3O2S/c1-29-18-11-9-17(10-12-18)20(21-15-26-22-7-3-2-6-19(21)22)14-27-23(28)16-30-24-8-4-5-13-25-24/h2-13,15,20,26H,14,16H2,1H3,(H,27,28). The highest BCUT2D eigenvalue weighted by atomic mass is 32.2. The summed E-state index contributed by atoms with van der Waals surface area (Å²) >= 11 is 1.44. The minimum atomic E-state index is -0.0102. The van der Waals surface area contributed by atoms with Gasteiger partial charge in [-0.3, -0.25) is 4.79 Å². The average Bonchev–Trinajstić information content (AvgIpc) is 3.23. The molecule has 4 aromatic rings. The third-order valence-electron chi connectivity index (χ3n) is 5.01. The number of carbonyl (C=O) groups excluding carboxylic acids is 1. The summed E-state index contributed by atoms with van der Waals surface area (Å²) in [6, 6.07) is 21.9. The SMILES string of the molecule is COc1ccc(C(CNC(=O)CSc2ccccn2)c2c[nH]c3ccccc23)cc1. The highest BCUT2D eigenvalue weighted by molar-refractivity contribution is 7.99. The summed E-state index contributed by atoms with van der Waals surface area (Å²) in [5.74, 6) is 1.16. The summed E-state index contributed by atoms with van der Waals surface area (Å²) in [6.07, 6.45) is 3.77. The highest BCUT2D eigenvalue weighted by Crippen LogP contribution is 2.31. The predicted octanol–water partition coefficient (Wildman–Crippen LogP) is 4.61. The Morgan fingerprint density at radius 1 is 1.10 bits per heavy atom. The number of pyridine rings is 1. The van der Waals surface area contributed by atoms with E-state index in [0.717, 1.165) is 32.8 Å². The Kier molecular flexibility index (Phi) is 6.35. The van der Waals surface area contributed by atoms with Gasteiger partial charge in [0.2, 0.25) is 5.91 Å². The fourth-order valence-electron chi connectivity index (χ4n) is 3.46. The van der Waals surface area contributed by atoms with Crippen molar-refractivity contribution >= 4 is 28.6 Å². The van der Waals surface area contributed by atoms with Gasteiger partial charge >= 0.3 is 0 Å². The van der Waals surface area contributed by atoms with E-state index in [9.17, 15) is 4.79 Å². The van der Waals surface area contributed by atoms with Crippen molar-refractivity contribution in [3.8, 4) is 5.75 Å². The van der Waals surface area contributed by atoms with Gasteiger partial charge in [0.1, 0.15) is 5.75 Å². The van der Waals surface area contributed by atoms with Crippen molar-refractivity contribution in [2.24, 2.45) is 0 Å². The Bertz CT molecular complexity index is 1110. The van der Waals surface area contributed by atoms with E-state index in [2.05, 4.69) is 39.6 Å². The van der Waals surface area contributed by atoms with E-state index in [0.29, 0.717) is 12.3 Å². The van der Waals surface area contributed by atoms with Crippen LogP contribution in [0.1, 0.15) is 17.0 Å². The molecule has 0 aliphatic carbocycles. The van der Waals surface area contributed by atoms with Crippen LogP contribution in [0.2, 0.25) is 0 Å². The van der Waals surface area contributed by atoms with Crippen LogP contribution in [0, 0.1) is 0 Å². The molecule has 1 unspecified atom stereocenters. The quantitative estimate of drug-likeness (QED) is 0.411. The maximum atomic E-state index is 12.5. The van der Waals surface area contributed by atoms with Gasteiger partial charge in [0.05, 0.1) is 17.9 Å². The Hall–Kier alpha value is -3.25. The van der Waals surface area contributed by atoms with Crippen LogP contribution in [0.15, 0.2) is 84.1 Å². The van der Waals surface area contributed by atoms with Crippen molar-refractivity contribution in [3.63, 3.8) is 0 Å². The van der Waals surface area contributed by atoms with Crippen LogP contribution < -0.4 is 10.1 Å². The van der Waals surface area contributed by atoms with Crippen LogP contribution in [0.25, 0.3) is 10.9 Å². The van der Waals surface area contributed by atoms with Gasteiger partial charge < -0.3 is 15.0 Å². The van der Waals surface area contributed by atoms with E-state index in [4.69, 9.17) is 4.74 Å². The van der Waals surface area contributed by atoms with Crippen LogP contribution in [0.4, 0.5) is 0 Å². The molecule has 2 aromatic heterocycles. The Labute approximate surface area is 179 Å². The third-order valence-corrected chi connectivity index (χ3v) is 5.95. The molecule has 30 heavy (non-hydrogen) atoms.